The number of hydrogen-bond acceptors (Lipinski definition) is 3. The van der Waals surface area contributed by atoms with Crippen LogP contribution in [0.15, 0.2) is 48.8 Å². The minimum Gasteiger partial charge on any atom is -0.364 e. The number of allylic oxidation sites excluding steroid dienone is 2. The average Bonchev–Trinajstić information content (AvgIpc) is 2.31. The van der Waals surface area contributed by atoms with Crippen LogP contribution in [-0.4, -0.2) is 28.9 Å². The molecular weight excluding hydrogens is 202 g/mol. The van der Waals surface area contributed by atoms with Crippen molar-refractivity contribution in [2.24, 2.45) is 0 Å². The Morgan fingerprint density at radius 3 is 3.06 bits per heavy atom. The summed E-state index contributed by atoms with van der Waals surface area (Å²) in [5, 5.41) is 2.74. The van der Waals surface area contributed by atoms with Gasteiger partial charge in [0.15, 0.2) is 0 Å². The minimum atomic E-state index is -0.0568. The zero-order valence-electron chi connectivity index (χ0n) is 8.84. The van der Waals surface area contributed by atoms with Crippen molar-refractivity contribution < 1.29 is 4.79 Å². The molecule has 2 heterocycles. The highest BCUT2D eigenvalue weighted by Crippen LogP contribution is 2.02. The number of rotatable bonds is 3. The van der Waals surface area contributed by atoms with Crippen molar-refractivity contribution in [2.75, 3.05) is 18.4 Å². The van der Waals surface area contributed by atoms with Gasteiger partial charge in [-0.15, -0.1) is 0 Å². The lowest BCUT2D eigenvalue weighted by Gasteiger charge is -2.19. The lowest BCUT2D eigenvalue weighted by atomic mass is 10.3. The van der Waals surface area contributed by atoms with Gasteiger partial charge in [-0.2, -0.15) is 0 Å². The molecule has 1 aromatic rings. The van der Waals surface area contributed by atoms with Crippen LogP contribution in [-0.2, 0) is 4.79 Å². The topological polar surface area (TPSA) is 45.2 Å². The Balaban J connectivity index is 1.85. The van der Waals surface area contributed by atoms with Gasteiger partial charge in [0.1, 0.15) is 5.82 Å². The second-order valence-electron chi connectivity index (χ2n) is 3.46. The Morgan fingerprint density at radius 2 is 2.38 bits per heavy atom. The fourth-order valence-corrected chi connectivity index (χ4v) is 1.43. The van der Waals surface area contributed by atoms with Crippen molar-refractivity contribution in [3.8, 4) is 0 Å². The number of pyridine rings is 1. The zero-order valence-corrected chi connectivity index (χ0v) is 8.84. The van der Waals surface area contributed by atoms with E-state index in [1.807, 2.05) is 41.5 Å². The number of aromatic nitrogens is 1. The Morgan fingerprint density at radius 1 is 1.44 bits per heavy atom. The molecule has 82 valence electrons. The van der Waals surface area contributed by atoms with Crippen molar-refractivity contribution in [1.82, 2.24) is 9.88 Å². The number of nitrogens with zero attached hydrogens (tertiary/aromatic N) is 2. The molecule has 1 aliphatic heterocycles. The summed E-state index contributed by atoms with van der Waals surface area (Å²) in [4.78, 5) is 17.6. The van der Waals surface area contributed by atoms with Crippen LogP contribution >= 0.6 is 0 Å². The summed E-state index contributed by atoms with van der Waals surface area (Å²) in [7, 11) is 0. The first-order chi connectivity index (χ1) is 7.84. The van der Waals surface area contributed by atoms with E-state index in [1.54, 1.807) is 12.3 Å². The lowest BCUT2D eigenvalue weighted by molar-refractivity contribution is -0.116. The molecule has 0 saturated carbocycles. The Hall–Kier alpha value is -2.10. The van der Waals surface area contributed by atoms with Crippen LogP contribution in [0.25, 0.3) is 0 Å². The monoisotopic (exact) mass is 215 g/mol. The molecule has 0 spiro atoms. The maximum absolute atomic E-state index is 11.6. The van der Waals surface area contributed by atoms with Gasteiger partial charge in [0.05, 0.1) is 6.54 Å². The lowest BCUT2D eigenvalue weighted by Crippen LogP contribution is -2.30. The maximum atomic E-state index is 11.6. The first-order valence-electron chi connectivity index (χ1n) is 5.13. The van der Waals surface area contributed by atoms with Gasteiger partial charge in [-0.25, -0.2) is 4.98 Å². The number of hydrogen-bond donors (Lipinski definition) is 1. The highest BCUT2D eigenvalue weighted by molar-refractivity contribution is 5.91. The second kappa shape index (κ2) is 5.11. The van der Waals surface area contributed by atoms with Crippen LogP contribution in [0.4, 0.5) is 5.82 Å². The SMILES string of the molecule is O=C(CN1C=CC=CC1)Nc1ccccn1. The molecule has 1 aromatic heterocycles. The molecular formula is C12H13N3O. The molecule has 0 aromatic carbocycles. The van der Waals surface area contributed by atoms with Crippen LogP contribution in [0.1, 0.15) is 0 Å². The molecule has 0 fully saturated rings. The van der Waals surface area contributed by atoms with Crippen molar-refractivity contribution >= 4 is 11.7 Å². The first-order valence-corrected chi connectivity index (χ1v) is 5.13. The highest BCUT2D eigenvalue weighted by atomic mass is 16.2. The fourth-order valence-electron chi connectivity index (χ4n) is 1.43. The summed E-state index contributed by atoms with van der Waals surface area (Å²) in [6, 6.07) is 5.42. The molecule has 4 nitrogen and oxygen atoms in total. The van der Waals surface area contributed by atoms with Crippen molar-refractivity contribution in [3.05, 3.63) is 48.8 Å². The Kier molecular flexibility index (Phi) is 3.33. The van der Waals surface area contributed by atoms with Crippen LogP contribution in [0.2, 0.25) is 0 Å². The predicted molar refractivity (Wildman–Crippen MR) is 62.7 cm³/mol. The van der Waals surface area contributed by atoms with Crippen molar-refractivity contribution in [3.63, 3.8) is 0 Å². The number of anilines is 1. The molecule has 1 amide bonds. The maximum Gasteiger partial charge on any atom is 0.245 e. The van der Waals surface area contributed by atoms with Crippen molar-refractivity contribution in [2.45, 2.75) is 0 Å². The normalized spacial score (nSPS) is 13.9. The Labute approximate surface area is 94.3 Å². The third-order valence-corrected chi connectivity index (χ3v) is 2.16. The van der Waals surface area contributed by atoms with Gasteiger partial charge in [0.2, 0.25) is 5.91 Å². The highest BCUT2D eigenvalue weighted by Gasteiger charge is 2.07. The average molecular weight is 215 g/mol. The van der Waals surface area contributed by atoms with Crippen LogP contribution < -0.4 is 5.32 Å². The largest absolute Gasteiger partial charge is 0.364 e. The number of amides is 1. The summed E-state index contributed by atoms with van der Waals surface area (Å²) in [5.74, 6) is 0.530. The van der Waals surface area contributed by atoms with E-state index >= 15 is 0 Å². The molecule has 0 saturated heterocycles. The number of nitrogens with one attached hydrogen (secondary N) is 1. The molecule has 0 radical (unpaired) electrons. The predicted octanol–water partition coefficient (Wildman–Crippen LogP) is 1.41. The minimum absolute atomic E-state index is 0.0568. The van der Waals surface area contributed by atoms with E-state index in [9.17, 15) is 4.79 Å². The summed E-state index contributed by atoms with van der Waals surface area (Å²) in [6.45, 7) is 1.11. The molecule has 0 atom stereocenters. The molecule has 16 heavy (non-hydrogen) atoms. The van der Waals surface area contributed by atoms with Gasteiger partial charge in [0.25, 0.3) is 0 Å². The first kappa shape index (κ1) is 10.4. The van der Waals surface area contributed by atoms with E-state index in [0.717, 1.165) is 6.54 Å². The fraction of sp³-hybridized carbons (Fsp3) is 0.167. The molecule has 1 N–H and O–H groups in total. The van der Waals surface area contributed by atoms with Crippen LogP contribution in [0.3, 0.4) is 0 Å². The summed E-state index contributed by atoms with van der Waals surface area (Å²) < 4.78 is 0. The second-order valence-corrected chi connectivity index (χ2v) is 3.46. The van der Waals surface area contributed by atoms with Gasteiger partial charge in [-0.05, 0) is 24.4 Å². The molecule has 0 aliphatic carbocycles. The number of carbonyl (C=O) groups is 1. The Bertz CT molecular complexity index is 412. The third kappa shape index (κ3) is 2.95. The van der Waals surface area contributed by atoms with E-state index in [0.29, 0.717) is 12.4 Å². The summed E-state index contributed by atoms with van der Waals surface area (Å²) >= 11 is 0. The van der Waals surface area contributed by atoms with E-state index < -0.39 is 0 Å². The van der Waals surface area contributed by atoms with Crippen molar-refractivity contribution in [1.29, 1.82) is 0 Å². The van der Waals surface area contributed by atoms with E-state index in [2.05, 4.69) is 10.3 Å². The van der Waals surface area contributed by atoms with Gasteiger partial charge in [-0.1, -0.05) is 18.2 Å². The van der Waals surface area contributed by atoms with Crippen LogP contribution in [0, 0.1) is 0 Å². The summed E-state index contributed by atoms with van der Waals surface area (Å²) in [6.07, 6.45) is 9.44. The number of carbonyl (C=O) groups excluding carboxylic acids is 1. The molecule has 2 rings (SSSR count). The molecule has 0 unspecified atom stereocenters. The third-order valence-electron chi connectivity index (χ3n) is 2.16. The molecule has 0 bridgehead atoms. The zero-order chi connectivity index (χ0) is 11.2. The van der Waals surface area contributed by atoms with E-state index in [1.165, 1.54) is 0 Å². The molecule has 1 aliphatic rings. The molecule has 4 heteroatoms. The summed E-state index contributed by atoms with van der Waals surface area (Å²) in [5.41, 5.74) is 0. The standard InChI is InChI=1S/C12H13N3O/c16-12(10-15-8-4-1-5-9-15)14-11-6-2-3-7-13-11/h1-8H,9-10H2,(H,13,14,16). The van der Waals surface area contributed by atoms with Gasteiger partial charge < -0.3 is 10.2 Å². The van der Waals surface area contributed by atoms with Gasteiger partial charge in [-0.3, -0.25) is 4.79 Å². The van der Waals surface area contributed by atoms with Crippen LogP contribution in [0.5, 0.6) is 0 Å². The van der Waals surface area contributed by atoms with Gasteiger partial charge in [0, 0.05) is 12.7 Å². The van der Waals surface area contributed by atoms with E-state index in [4.69, 9.17) is 0 Å². The smallest absolute Gasteiger partial charge is 0.245 e. The quantitative estimate of drug-likeness (QED) is 0.829. The van der Waals surface area contributed by atoms with E-state index in [-0.39, 0.29) is 5.91 Å². The van der Waals surface area contributed by atoms with Gasteiger partial charge >= 0.3 is 0 Å².